The fraction of sp³-hybridized carbons (Fsp3) is 0.643. The minimum atomic E-state index is -0.870. The lowest BCUT2D eigenvalue weighted by atomic mass is 9.80. The van der Waals surface area contributed by atoms with Gasteiger partial charge in [0.05, 0.1) is 30.4 Å². The number of likely N-dealkylation sites (tertiary alicyclic amines) is 1. The number of nitrogens with zero attached hydrogens (tertiary/aromatic N) is 3. The number of imide groups is 1. The van der Waals surface area contributed by atoms with Gasteiger partial charge in [-0.25, -0.2) is 9.59 Å². The van der Waals surface area contributed by atoms with Crippen molar-refractivity contribution in [3.63, 3.8) is 0 Å². The summed E-state index contributed by atoms with van der Waals surface area (Å²) < 4.78 is 14.8. The van der Waals surface area contributed by atoms with E-state index in [0.29, 0.717) is 51.1 Å². The summed E-state index contributed by atoms with van der Waals surface area (Å²) in [5, 5.41) is 11.8. The Hall–Kier alpha value is -3.18. The summed E-state index contributed by atoms with van der Waals surface area (Å²) >= 11 is 0. The van der Waals surface area contributed by atoms with E-state index in [1.165, 1.54) is 9.47 Å². The van der Waals surface area contributed by atoms with Crippen LogP contribution in [0.25, 0.3) is 11.0 Å². The number of fused-ring (bicyclic) bond motifs is 1. The molecule has 0 aliphatic carbocycles. The molecule has 3 amide bonds. The Morgan fingerprint density at radius 3 is 2.56 bits per heavy atom. The predicted molar refractivity (Wildman–Crippen MR) is 145 cm³/mol. The van der Waals surface area contributed by atoms with Gasteiger partial charge in [0.1, 0.15) is 6.04 Å². The van der Waals surface area contributed by atoms with Crippen LogP contribution < -0.4 is 11.0 Å². The third-order valence-electron chi connectivity index (χ3n) is 7.81. The zero-order chi connectivity index (χ0) is 28.3. The zero-order valence-corrected chi connectivity index (χ0v) is 23.3. The van der Waals surface area contributed by atoms with Gasteiger partial charge in [0, 0.05) is 32.7 Å². The van der Waals surface area contributed by atoms with Gasteiger partial charge in [-0.15, -0.1) is 0 Å². The molecule has 4 rings (SSSR count). The summed E-state index contributed by atoms with van der Waals surface area (Å²) in [6.07, 6.45) is 2.63. The molecule has 2 saturated heterocycles. The average molecular weight is 545 g/mol. The first-order valence-electron chi connectivity index (χ1n) is 13.7. The van der Waals surface area contributed by atoms with Crippen molar-refractivity contribution in [1.82, 2.24) is 19.4 Å². The number of aryl methyl sites for hydroxylation is 2. The molecule has 1 aromatic carbocycles. The van der Waals surface area contributed by atoms with E-state index in [-0.39, 0.29) is 35.6 Å². The number of piperidine rings is 2. The maximum atomic E-state index is 12.9. The summed E-state index contributed by atoms with van der Waals surface area (Å²) in [6, 6.07) is 5.03. The molecular weight excluding hydrogens is 504 g/mol. The molecule has 11 heteroatoms. The number of carbonyl (C=O) groups excluding carboxylic acids is 2. The second-order valence-corrected chi connectivity index (χ2v) is 11.6. The molecule has 3 atom stereocenters. The summed E-state index contributed by atoms with van der Waals surface area (Å²) in [5.74, 6) is -0.748. The fourth-order valence-electron chi connectivity index (χ4n) is 5.68. The van der Waals surface area contributed by atoms with Crippen LogP contribution in [-0.2, 0) is 32.5 Å². The lowest BCUT2D eigenvalue weighted by molar-refractivity contribution is -0.135. The summed E-state index contributed by atoms with van der Waals surface area (Å²) in [6.45, 7) is 8.17. The number of hydrogen-bond donors (Lipinski definition) is 2. The van der Waals surface area contributed by atoms with Crippen molar-refractivity contribution >= 4 is 28.9 Å². The highest BCUT2D eigenvalue weighted by Gasteiger charge is 2.39. The molecule has 2 aliphatic rings. The van der Waals surface area contributed by atoms with E-state index in [0.717, 1.165) is 23.9 Å². The van der Waals surface area contributed by atoms with Crippen molar-refractivity contribution in [3.05, 3.63) is 34.2 Å². The highest BCUT2D eigenvalue weighted by molar-refractivity contribution is 6.00. The molecule has 0 spiro atoms. The average Bonchev–Trinajstić information content (AvgIpc) is 3.12. The molecule has 11 nitrogen and oxygen atoms in total. The standard InChI is InChI=1S/C28H40N4O7/c1-28(2,3)23-17-19(11-12-31(23)27(36)37)39-15-14-38-13-5-6-18-7-8-20-22(16-18)30(4)26(35)32(20)21-9-10-24(33)29-25(21)34/h7-8,16,19,21,23H,5-6,9-15,17H2,1-4H3,(H,36,37)(H,29,33,34). The maximum absolute atomic E-state index is 12.9. The van der Waals surface area contributed by atoms with Gasteiger partial charge >= 0.3 is 11.8 Å². The fourth-order valence-corrected chi connectivity index (χ4v) is 5.68. The van der Waals surface area contributed by atoms with Crippen molar-refractivity contribution in [2.75, 3.05) is 26.4 Å². The van der Waals surface area contributed by atoms with Crippen molar-refractivity contribution in [3.8, 4) is 0 Å². The maximum Gasteiger partial charge on any atom is 0.407 e. The van der Waals surface area contributed by atoms with Crippen LogP contribution >= 0.6 is 0 Å². The lowest BCUT2D eigenvalue weighted by Crippen LogP contribution is -2.53. The van der Waals surface area contributed by atoms with Crippen LogP contribution in [0.2, 0.25) is 0 Å². The SMILES string of the molecule is Cn1c(=O)n(C2CCC(=O)NC2=O)c2ccc(CCCOCCOC3CCN(C(=O)O)C(C(C)(C)C)C3)cc21. The van der Waals surface area contributed by atoms with Gasteiger partial charge in [0.15, 0.2) is 0 Å². The molecule has 0 radical (unpaired) electrons. The van der Waals surface area contributed by atoms with E-state index in [9.17, 15) is 24.3 Å². The van der Waals surface area contributed by atoms with Crippen LogP contribution in [0.15, 0.2) is 23.0 Å². The number of amides is 3. The second kappa shape index (κ2) is 11.9. The molecule has 2 aliphatic heterocycles. The number of rotatable bonds is 9. The highest BCUT2D eigenvalue weighted by Crippen LogP contribution is 2.33. The first kappa shape index (κ1) is 28.8. The number of imidazole rings is 1. The van der Waals surface area contributed by atoms with Crippen LogP contribution in [0.3, 0.4) is 0 Å². The van der Waals surface area contributed by atoms with Gasteiger partial charge in [-0.05, 0) is 55.2 Å². The first-order valence-corrected chi connectivity index (χ1v) is 13.7. The van der Waals surface area contributed by atoms with E-state index < -0.39 is 18.0 Å². The predicted octanol–water partition coefficient (Wildman–Crippen LogP) is 2.84. The van der Waals surface area contributed by atoms with E-state index in [2.05, 4.69) is 26.1 Å². The Morgan fingerprint density at radius 2 is 1.87 bits per heavy atom. The summed E-state index contributed by atoms with van der Waals surface area (Å²) in [7, 11) is 1.69. The summed E-state index contributed by atoms with van der Waals surface area (Å²) in [4.78, 5) is 49.9. The van der Waals surface area contributed by atoms with Crippen LogP contribution in [0.5, 0.6) is 0 Å². The number of nitrogens with one attached hydrogen (secondary N) is 1. The second-order valence-electron chi connectivity index (χ2n) is 11.6. The molecular formula is C28H40N4O7. The Kier molecular flexibility index (Phi) is 8.80. The van der Waals surface area contributed by atoms with Gasteiger partial charge in [-0.2, -0.15) is 0 Å². The van der Waals surface area contributed by atoms with Crippen LogP contribution in [0.4, 0.5) is 4.79 Å². The minimum Gasteiger partial charge on any atom is -0.465 e. The lowest BCUT2D eigenvalue weighted by Gasteiger charge is -2.44. The topological polar surface area (TPSA) is 132 Å². The highest BCUT2D eigenvalue weighted by atomic mass is 16.5. The van der Waals surface area contributed by atoms with Gasteiger partial charge in [0.2, 0.25) is 11.8 Å². The summed E-state index contributed by atoms with van der Waals surface area (Å²) in [5.41, 5.74) is 2.06. The molecule has 3 heterocycles. The Balaban J connectivity index is 1.23. The molecule has 1 aromatic heterocycles. The monoisotopic (exact) mass is 544 g/mol. The molecule has 3 unspecified atom stereocenters. The van der Waals surface area contributed by atoms with Crippen LogP contribution in [0.1, 0.15) is 64.5 Å². The molecule has 2 aromatic rings. The normalized spacial score (nSPS) is 22.4. The zero-order valence-electron chi connectivity index (χ0n) is 23.3. The number of carbonyl (C=O) groups is 3. The molecule has 0 bridgehead atoms. The van der Waals surface area contributed by atoms with Gasteiger partial charge < -0.3 is 19.5 Å². The number of benzene rings is 1. The van der Waals surface area contributed by atoms with Gasteiger partial charge in [0.25, 0.3) is 0 Å². The largest absolute Gasteiger partial charge is 0.465 e. The number of hydrogen-bond acceptors (Lipinski definition) is 6. The van der Waals surface area contributed by atoms with Gasteiger partial charge in [-0.1, -0.05) is 26.8 Å². The van der Waals surface area contributed by atoms with Crippen molar-refractivity contribution < 1.29 is 29.0 Å². The van der Waals surface area contributed by atoms with E-state index in [1.54, 1.807) is 11.6 Å². The van der Waals surface area contributed by atoms with Crippen molar-refractivity contribution in [2.24, 2.45) is 12.5 Å². The molecule has 2 fully saturated rings. The Labute approximate surface area is 228 Å². The van der Waals surface area contributed by atoms with E-state index in [4.69, 9.17) is 9.47 Å². The van der Waals surface area contributed by atoms with Gasteiger partial charge in [-0.3, -0.25) is 24.0 Å². The third kappa shape index (κ3) is 6.52. The first-order chi connectivity index (χ1) is 18.5. The number of aromatic nitrogens is 2. The van der Waals surface area contributed by atoms with Crippen LogP contribution in [-0.4, -0.2) is 75.6 Å². The Morgan fingerprint density at radius 1 is 1.10 bits per heavy atom. The molecule has 39 heavy (non-hydrogen) atoms. The smallest absolute Gasteiger partial charge is 0.407 e. The third-order valence-corrected chi connectivity index (χ3v) is 7.81. The quantitative estimate of drug-likeness (QED) is 0.366. The van der Waals surface area contributed by atoms with Crippen molar-refractivity contribution in [2.45, 2.75) is 77.5 Å². The number of carboxylic acid groups (broad SMARTS) is 1. The number of ether oxygens (including phenoxy) is 2. The van der Waals surface area contributed by atoms with E-state index in [1.807, 2.05) is 18.2 Å². The molecule has 214 valence electrons. The molecule has 0 saturated carbocycles. The minimum absolute atomic E-state index is 0.0271. The van der Waals surface area contributed by atoms with E-state index >= 15 is 0 Å². The van der Waals surface area contributed by atoms with Crippen LogP contribution in [0, 0.1) is 5.41 Å². The van der Waals surface area contributed by atoms with Crippen molar-refractivity contribution in [1.29, 1.82) is 0 Å². The Bertz CT molecular complexity index is 1280. The molecule has 2 N–H and O–H groups in total.